The van der Waals surface area contributed by atoms with Gasteiger partial charge in [-0.25, -0.2) is 0 Å². The molecule has 2 aromatic rings. The highest BCUT2D eigenvalue weighted by molar-refractivity contribution is 6.36. The van der Waals surface area contributed by atoms with E-state index in [-0.39, 0.29) is 6.61 Å². The monoisotopic (exact) mass is 385 g/mol. The molecule has 0 radical (unpaired) electrons. The number of hydrogen-bond acceptors (Lipinski definition) is 3. The summed E-state index contributed by atoms with van der Waals surface area (Å²) < 4.78 is 11.0. The van der Waals surface area contributed by atoms with Crippen molar-refractivity contribution >= 4 is 46.8 Å². The normalized spacial score (nSPS) is 10.8. The van der Waals surface area contributed by atoms with Crippen LogP contribution >= 0.6 is 34.8 Å². The summed E-state index contributed by atoms with van der Waals surface area (Å²) in [5.74, 6) is 0.208. The van der Waals surface area contributed by atoms with Gasteiger partial charge in [-0.1, -0.05) is 40.9 Å². The van der Waals surface area contributed by atoms with Gasteiger partial charge in [0, 0.05) is 21.7 Å². The molecule has 2 rings (SSSR count). The van der Waals surface area contributed by atoms with E-state index >= 15 is 0 Å². The molecule has 0 aliphatic carbocycles. The maximum absolute atomic E-state index is 10.8. The van der Waals surface area contributed by atoms with E-state index < -0.39 is 5.91 Å². The molecule has 0 saturated carbocycles. The van der Waals surface area contributed by atoms with E-state index in [1.807, 2.05) is 0 Å². The summed E-state index contributed by atoms with van der Waals surface area (Å²) >= 11 is 18.5. The molecule has 2 aromatic carbocycles. The first kappa shape index (κ1) is 18.5. The lowest BCUT2D eigenvalue weighted by Gasteiger charge is -2.14. The number of hydrogen-bond donors (Lipinski definition) is 1. The Morgan fingerprint density at radius 3 is 2.42 bits per heavy atom. The fourth-order valence-corrected chi connectivity index (χ4v) is 2.75. The van der Waals surface area contributed by atoms with Crippen LogP contribution in [0.4, 0.5) is 0 Å². The number of ether oxygens (including phenoxy) is 2. The van der Waals surface area contributed by atoms with Gasteiger partial charge >= 0.3 is 0 Å². The standard InChI is InChI=1S/C17H14Cl3NO3/c1-23-15-8-10(5-6-16(21)22)7-14(20)17(15)24-9-11-12(18)3-2-4-13(11)19/h2-8H,9H2,1H3,(H2,21,22)/b6-5+. The molecular weight excluding hydrogens is 373 g/mol. The highest BCUT2D eigenvalue weighted by Gasteiger charge is 2.14. The molecule has 0 heterocycles. The third-order valence-electron chi connectivity index (χ3n) is 3.11. The minimum absolute atomic E-state index is 0.130. The third kappa shape index (κ3) is 4.57. The maximum Gasteiger partial charge on any atom is 0.241 e. The van der Waals surface area contributed by atoms with E-state index in [4.69, 9.17) is 50.0 Å². The van der Waals surface area contributed by atoms with Gasteiger partial charge in [0.05, 0.1) is 12.1 Å². The number of primary amides is 1. The Balaban J connectivity index is 2.28. The molecular formula is C17H14Cl3NO3. The van der Waals surface area contributed by atoms with Crippen LogP contribution in [0.1, 0.15) is 11.1 Å². The highest BCUT2D eigenvalue weighted by atomic mass is 35.5. The lowest BCUT2D eigenvalue weighted by Crippen LogP contribution is -2.05. The number of amides is 1. The van der Waals surface area contributed by atoms with Gasteiger partial charge in [-0.3, -0.25) is 4.79 Å². The minimum Gasteiger partial charge on any atom is -0.493 e. The zero-order valence-corrected chi connectivity index (χ0v) is 15.0. The van der Waals surface area contributed by atoms with Gasteiger partial charge in [0.1, 0.15) is 6.61 Å². The van der Waals surface area contributed by atoms with Crippen LogP contribution in [-0.2, 0) is 11.4 Å². The molecule has 0 saturated heterocycles. The van der Waals surface area contributed by atoms with E-state index in [0.717, 1.165) is 0 Å². The first-order valence-electron chi connectivity index (χ1n) is 6.83. The van der Waals surface area contributed by atoms with Crippen LogP contribution in [0.3, 0.4) is 0 Å². The van der Waals surface area contributed by atoms with Crippen LogP contribution in [0.5, 0.6) is 11.5 Å². The SMILES string of the molecule is COc1cc(/C=C/C(N)=O)cc(Cl)c1OCc1c(Cl)cccc1Cl. The molecule has 0 spiro atoms. The first-order valence-corrected chi connectivity index (χ1v) is 7.96. The van der Waals surface area contributed by atoms with Crippen molar-refractivity contribution in [2.75, 3.05) is 7.11 Å². The molecule has 0 aliphatic rings. The molecule has 0 bridgehead atoms. The van der Waals surface area contributed by atoms with Crippen molar-refractivity contribution in [2.24, 2.45) is 5.73 Å². The summed E-state index contributed by atoms with van der Waals surface area (Å²) in [6.07, 6.45) is 2.76. The first-order chi connectivity index (χ1) is 11.4. The highest BCUT2D eigenvalue weighted by Crippen LogP contribution is 2.38. The largest absolute Gasteiger partial charge is 0.493 e. The molecule has 0 aromatic heterocycles. The Morgan fingerprint density at radius 2 is 1.83 bits per heavy atom. The Hall–Kier alpha value is -1.88. The molecule has 7 heteroatoms. The number of methoxy groups -OCH3 is 1. The zero-order chi connectivity index (χ0) is 17.7. The van der Waals surface area contributed by atoms with E-state index in [1.54, 1.807) is 30.3 Å². The summed E-state index contributed by atoms with van der Waals surface area (Å²) in [4.78, 5) is 10.8. The lowest BCUT2D eigenvalue weighted by atomic mass is 10.2. The van der Waals surface area contributed by atoms with Crippen LogP contribution in [0.25, 0.3) is 6.08 Å². The predicted molar refractivity (Wildman–Crippen MR) is 97.0 cm³/mol. The van der Waals surface area contributed by atoms with Gasteiger partial charge in [-0.15, -0.1) is 0 Å². The minimum atomic E-state index is -0.557. The fourth-order valence-electron chi connectivity index (χ4n) is 1.97. The van der Waals surface area contributed by atoms with Crippen molar-refractivity contribution in [3.8, 4) is 11.5 Å². The molecule has 0 fully saturated rings. The summed E-state index contributed by atoms with van der Waals surface area (Å²) in [7, 11) is 1.49. The quantitative estimate of drug-likeness (QED) is 0.730. The molecule has 0 atom stereocenters. The average molecular weight is 387 g/mol. The van der Waals surface area contributed by atoms with Crippen molar-refractivity contribution in [3.63, 3.8) is 0 Å². The molecule has 126 valence electrons. The molecule has 0 aliphatic heterocycles. The van der Waals surface area contributed by atoms with Crippen molar-refractivity contribution in [1.29, 1.82) is 0 Å². The Morgan fingerprint density at radius 1 is 1.17 bits per heavy atom. The number of carbonyl (C=O) groups excluding carboxylic acids is 1. The van der Waals surface area contributed by atoms with Crippen LogP contribution in [0.2, 0.25) is 15.1 Å². The van der Waals surface area contributed by atoms with E-state index in [1.165, 1.54) is 19.3 Å². The van der Waals surface area contributed by atoms with Crippen molar-refractivity contribution in [1.82, 2.24) is 0 Å². The Kier molecular flexibility index (Phi) is 6.37. The van der Waals surface area contributed by atoms with Crippen LogP contribution in [0.15, 0.2) is 36.4 Å². The number of carbonyl (C=O) groups is 1. The van der Waals surface area contributed by atoms with Gasteiger partial charge < -0.3 is 15.2 Å². The van der Waals surface area contributed by atoms with Crippen LogP contribution in [-0.4, -0.2) is 13.0 Å². The van der Waals surface area contributed by atoms with Gasteiger partial charge in [-0.2, -0.15) is 0 Å². The Labute approximate surface area is 154 Å². The summed E-state index contributed by atoms with van der Waals surface area (Å²) in [5.41, 5.74) is 6.38. The Bertz CT molecular complexity index is 771. The molecule has 24 heavy (non-hydrogen) atoms. The van der Waals surface area contributed by atoms with Gasteiger partial charge in [-0.05, 0) is 35.9 Å². The van der Waals surface area contributed by atoms with E-state index in [9.17, 15) is 4.79 Å². The third-order valence-corrected chi connectivity index (χ3v) is 4.10. The smallest absolute Gasteiger partial charge is 0.241 e. The fraction of sp³-hybridized carbons (Fsp3) is 0.118. The molecule has 2 N–H and O–H groups in total. The van der Waals surface area contributed by atoms with Crippen molar-refractivity contribution in [2.45, 2.75) is 6.61 Å². The second-order valence-electron chi connectivity index (χ2n) is 4.76. The average Bonchev–Trinajstić information content (AvgIpc) is 2.53. The predicted octanol–water partition coefficient (Wildman–Crippen LogP) is 4.73. The van der Waals surface area contributed by atoms with Gasteiger partial charge in [0.2, 0.25) is 5.91 Å². The van der Waals surface area contributed by atoms with E-state index in [2.05, 4.69) is 0 Å². The van der Waals surface area contributed by atoms with Crippen LogP contribution in [0, 0.1) is 0 Å². The number of nitrogens with two attached hydrogens (primary N) is 1. The van der Waals surface area contributed by atoms with Gasteiger partial charge in [0.15, 0.2) is 11.5 Å². The molecule has 1 amide bonds. The number of benzene rings is 2. The lowest BCUT2D eigenvalue weighted by molar-refractivity contribution is -0.113. The van der Waals surface area contributed by atoms with Crippen LogP contribution < -0.4 is 15.2 Å². The van der Waals surface area contributed by atoms with Gasteiger partial charge in [0.25, 0.3) is 0 Å². The maximum atomic E-state index is 10.8. The second kappa shape index (κ2) is 8.29. The topological polar surface area (TPSA) is 61.5 Å². The zero-order valence-electron chi connectivity index (χ0n) is 12.7. The summed E-state index contributed by atoms with van der Waals surface area (Å²) in [6, 6.07) is 8.51. The van der Waals surface area contributed by atoms with Crippen molar-refractivity contribution in [3.05, 3.63) is 62.6 Å². The van der Waals surface area contributed by atoms with Crippen molar-refractivity contribution < 1.29 is 14.3 Å². The second-order valence-corrected chi connectivity index (χ2v) is 5.98. The summed E-state index contributed by atoms with van der Waals surface area (Å²) in [6.45, 7) is 0.130. The molecule has 4 nitrogen and oxygen atoms in total. The number of rotatable bonds is 6. The molecule has 0 unspecified atom stereocenters. The number of halogens is 3. The van der Waals surface area contributed by atoms with E-state index in [0.29, 0.717) is 37.7 Å². The summed E-state index contributed by atoms with van der Waals surface area (Å²) in [5, 5.41) is 1.32.